The first kappa shape index (κ1) is 19.8. The van der Waals surface area contributed by atoms with Gasteiger partial charge in [0.25, 0.3) is 5.91 Å². The number of carbonyl (C=O) groups excluding carboxylic acids is 2. The third kappa shape index (κ3) is 4.41. The van der Waals surface area contributed by atoms with Crippen LogP contribution in [0.2, 0.25) is 0 Å². The monoisotopic (exact) mass is 406 g/mol. The molecule has 1 saturated heterocycles. The molecule has 1 amide bonds. The van der Waals surface area contributed by atoms with Crippen LogP contribution in [0.1, 0.15) is 15.9 Å². The lowest BCUT2D eigenvalue weighted by Crippen LogP contribution is -2.42. The molecule has 0 saturated carbocycles. The molecule has 3 aromatic rings. The van der Waals surface area contributed by atoms with E-state index in [1.165, 1.54) is 0 Å². The molecule has 1 aliphatic heterocycles. The van der Waals surface area contributed by atoms with E-state index < -0.39 is 5.97 Å². The zero-order valence-electron chi connectivity index (χ0n) is 16.7. The molecule has 0 N–H and O–H groups in total. The van der Waals surface area contributed by atoms with Gasteiger partial charge in [0.05, 0.1) is 30.5 Å². The standard InChI is InChI=1S/C23H22N2O5/c1-16-6-8-17(9-7-16)20-14-24-22(30-20)18-4-2-3-5-19(18)23(27)29-15-21(26)25-10-12-28-13-11-25/h2-9,14H,10-13,15H2,1H3. The van der Waals surface area contributed by atoms with Gasteiger partial charge in [-0.05, 0) is 19.1 Å². The highest BCUT2D eigenvalue weighted by atomic mass is 16.5. The summed E-state index contributed by atoms with van der Waals surface area (Å²) in [7, 11) is 0. The molecular weight excluding hydrogens is 384 g/mol. The van der Waals surface area contributed by atoms with Gasteiger partial charge in [-0.15, -0.1) is 0 Å². The van der Waals surface area contributed by atoms with Gasteiger partial charge >= 0.3 is 5.97 Å². The molecule has 0 radical (unpaired) electrons. The highest BCUT2D eigenvalue weighted by molar-refractivity contribution is 5.97. The fraction of sp³-hybridized carbons (Fsp3) is 0.261. The van der Waals surface area contributed by atoms with Gasteiger partial charge < -0.3 is 18.8 Å². The minimum absolute atomic E-state index is 0.234. The number of rotatable bonds is 5. The van der Waals surface area contributed by atoms with Gasteiger partial charge in [-0.3, -0.25) is 4.79 Å². The van der Waals surface area contributed by atoms with E-state index in [-0.39, 0.29) is 12.5 Å². The zero-order chi connectivity index (χ0) is 20.9. The van der Waals surface area contributed by atoms with Crippen LogP contribution in [-0.2, 0) is 14.3 Å². The number of esters is 1. The SMILES string of the molecule is Cc1ccc(-c2cnc(-c3ccccc3C(=O)OCC(=O)N3CCOCC3)o2)cc1. The molecule has 1 aliphatic rings. The number of hydrogen-bond donors (Lipinski definition) is 0. The Bertz CT molecular complexity index is 1040. The van der Waals surface area contributed by atoms with E-state index in [9.17, 15) is 9.59 Å². The first-order chi connectivity index (χ1) is 14.6. The summed E-state index contributed by atoms with van der Waals surface area (Å²) in [6, 6.07) is 14.8. The van der Waals surface area contributed by atoms with Gasteiger partial charge in [-0.2, -0.15) is 0 Å². The summed E-state index contributed by atoms with van der Waals surface area (Å²) in [5, 5.41) is 0. The van der Waals surface area contributed by atoms with Crippen molar-refractivity contribution in [3.63, 3.8) is 0 Å². The molecule has 1 fully saturated rings. The van der Waals surface area contributed by atoms with E-state index in [1.54, 1.807) is 35.4 Å². The third-order valence-corrected chi connectivity index (χ3v) is 4.91. The Morgan fingerprint density at radius 1 is 1.07 bits per heavy atom. The summed E-state index contributed by atoms with van der Waals surface area (Å²) in [6.45, 7) is 3.71. The van der Waals surface area contributed by atoms with Crippen LogP contribution in [0, 0.1) is 6.92 Å². The topological polar surface area (TPSA) is 81.9 Å². The number of aryl methyl sites for hydroxylation is 1. The Morgan fingerprint density at radius 2 is 1.80 bits per heavy atom. The summed E-state index contributed by atoms with van der Waals surface area (Å²) in [6.07, 6.45) is 1.63. The van der Waals surface area contributed by atoms with Gasteiger partial charge in [-0.25, -0.2) is 9.78 Å². The molecule has 154 valence electrons. The molecular formula is C23H22N2O5. The maximum absolute atomic E-state index is 12.7. The van der Waals surface area contributed by atoms with E-state index in [0.717, 1.165) is 11.1 Å². The number of hydrogen-bond acceptors (Lipinski definition) is 6. The highest BCUT2D eigenvalue weighted by Gasteiger charge is 2.21. The number of oxazole rings is 1. The fourth-order valence-corrected chi connectivity index (χ4v) is 3.21. The van der Waals surface area contributed by atoms with E-state index in [2.05, 4.69) is 4.98 Å². The molecule has 0 bridgehead atoms. The van der Waals surface area contributed by atoms with Crippen molar-refractivity contribution in [1.82, 2.24) is 9.88 Å². The van der Waals surface area contributed by atoms with E-state index in [1.807, 2.05) is 31.2 Å². The second-order valence-corrected chi connectivity index (χ2v) is 7.01. The van der Waals surface area contributed by atoms with Crippen molar-refractivity contribution in [2.75, 3.05) is 32.9 Å². The van der Waals surface area contributed by atoms with E-state index in [4.69, 9.17) is 13.9 Å². The van der Waals surface area contributed by atoms with Crippen LogP contribution in [0.3, 0.4) is 0 Å². The molecule has 2 aromatic carbocycles. The number of nitrogens with zero attached hydrogens (tertiary/aromatic N) is 2. The van der Waals surface area contributed by atoms with Crippen LogP contribution in [0.15, 0.2) is 59.1 Å². The summed E-state index contributed by atoms with van der Waals surface area (Å²) in [5.74, 6) is 0.0949. The molecule has 0 aliphatic carbocycles. The van der Waals surface area contributed by atoms with Crippen molar-refractivity contribution in [3.05, 3.63) is 65.9 Å². The second kappa shape index (κ2) is 8.92. The Hall–Kier alpha value is -3.45. The van der Waals surface area contributed by atoms with Crippen LogP contribution in [0.5, 0.6) is 0 Å². The Kier molecular flexibility index (Phi) is 5.90. The van der Waals surface area contributed by atoms with Gasteiger partial charge in [0, 0.05) is 18.7 Å². The van der Waals surface area contributed by atoms with Crippen molar-refractivity contribution >= 4 is 11.9 Å². The lowest BCUT2D eigenvalue weighted by Gasteiger charge is -2.26. The minimum Gasteiger partial charge on any atom is -0.452 e. The van der Waals surface area contributed by atoms with Crippen LogP contribution < -0.4 is 0 Å². The Labute approximate surface area is 174 Å². The fourth-order valence-electron chi connectivity index (χ4n) is 3.21. The van der Waals surface area contributed by atoms with Crippen LogP contribution in [0.25, 0.3) is 22.8 Å². The van der Waals surface area contributed by atoms with Crippen molar-refractivity contribution in [3.8, 4) is 22.8 Å². The maximum Gasteiger partial charge on any atom is 0.339 e. The summed E-state index contributed by atoms with van der Waals surface area (Å²) in [4.78, 5) is 30.9. The summed E-state index contributed by atoms with van der Waals surface area (Å²) >= 11 is 0. The van der Waals surface area contributed by atoms with Crippen molar-refractivity contribution < 1.29 is 23.5 Å². The molecule has 2 heterocycles. The number of ether oxygens (including phenoxy) is 2. The van der Waals surface area contributed by atoms with Gasteiger partial charge in [-0.1, -0.05) is 42.0 Å². The molecule has 30 heavy (non-hydrogen) atoms. The normalized spacial score (nSPS) is 13.8. The first-order valence-electron chi connectivity index (χ1n) is 9.77. The lowest BCUT2D eigenvalue weighted by molar-refractivity contribution is -0.138. The average molecular weight is 406 g/mol. The first-order valence-corrected chi connectivity index (χ1v) is 9.77. The largest absolute Gasteiger partial charge is 0.452 e. The van der Waals surface area contributed by atoms with E-state index in [0.29, 0.717) is 49.1 Å². The predicted octanol–water partition coefficient (Wildman–Crippen LogP) is 3.33. The number of aromatic nitrogens is 1. The van der Waals surface area contributed by atoms with Gasteiger partial charge in [0.1, 0.15) is 0 Å². The lowest BCUT2D eigenvalue weighted by atomic mass is 10.1. The number of amides is 1. The van der Waals surface area contributed by atoms with Crippen LogP contribution >= 0.6 is 0 Å². The van der Waals surface area contributed by atoms with Crippen LogP contribution in [0.4, 0.5) is 0 Å². The second-order valence-electron chi connectivity index (χ2n) is 7.01. The molecule has 7 nitrogen and oxygen atoms in total. The molecule has 0 unspecified atom stereocenters. The number of morpholine rings is 1. The minimum atomic E-state index is -0.595. The molecule has 0 spiro atoms. The number of benzene rings is 2. The molecule has 1 aromatic heterocycles. The maximum atomic E-state index is 12.7. The summed E-state index contributed by atoms with van der Waals surface area (Å²) < 4.78 is 16.4. The zero-order valence-corrected chi connectivity index (χ0v) is 16.7. The quantitative estimate of drug-likeness (QED) is 0.605. The number of carbonyl (C=O) groups is 2. The third-order valence-electron chi connectivity index (χ3n) is 4.91. The van der Waals surface area contributed by atoms with Gasteiger partial charge in [0.2, 0.25) is 5.89 Å². The summed E-state index contributed by atoms with van der Waals surface area (Å²) in [5.41, 5.74) is 2.86. The molecule has 4 rings (SSSR count). The van der Waals surface area contributed by atoms with Crippen LogP contribution in [-0.4, -0.2) is 54.7 Å². The van der Waals surface area contributed by atoms with E-state index >= 15 is 0 Å². The van der Waals surface area contributed by atoms with Crippen molar-refractivity contribution in [1.29, 1.82) is 0 Å². The van der Waals surface area contributed by atoms with Crippen molar-refractivity contribution in [2.24, 2.45) is 0 Å². The molecule has 7 heteroatoms. The van der Waals surface area contributed by atoms with Gasteiger partial charge in [0.15, 0.2) is 12.4 Å². The predicted molar refractivity (Wildman–Crippen MR) is 110 cm³/mol. The molecule has 0 atom stereocenters. The Morgan fingerprint density at radius 3 is 2.57 bits per heavy atom. The highest BCUT2D eigenvalue weighted by Crippen LogP contribution is 2.28. The average Bonchev–Trinajstić information content (AvgIpc) is 3.28. The Balaban J connectivity index is 1.49. The smallest absolute Gasteiger partial charge is 0.339 e. The van der Waals surface area contributed by atoms with Crippen molar-refractivity contribution in [2.45, 2.75) is 6.92 Å².